The summed E-state index contributed by atoms with van der Waals surface area (Å²) < 4.78 is 0. The van der Waals surface area contributed by atoms with E-state index in [9.17, 15) is 10.2 Å². The minimum Gasteiger partial charge on any atom is -0.508 e. The first-order chi connectivity index (χ1) is 12.0. The zero-order valence-corrected chi connectivity index (χ0v) is 14.9. The highest BCUT2D eigenvalue weighted by Gasteiger charge is 2.19. The molecule has 25 heavy (non-hydrogen) atoms. The fraction of sp³-hybridized carbons (Fsp3) is 0.350. The van der Waals surface area contributed by atoms with Crippen LogP contribution in [0.1, 0.15) is 22.3 Å². The number of nitrogens with one attached hydrogen (secondary N) is 1. The summed E-state index contributed by atoms with van der Waals surface area (Å²) >= 11 is 0. The molecule has 1 heterocycles. The number of rotatable bonds is 4. The van der Waals surface area contributed by atoms with Crippen molar-refractivity contribution in [3.8, 4) is 11.5 Å². The predicted molar refractivity (Wildman–Crippen MR) is 99.3 cm³/mol. The monoisotopic (exact) mass is 340 g/mol. The van der Waals surface area contributed by atoms with E-state index in [-0.39, 0.29) is 11.5 Å². The zero-order chi connectivity index (χ0) is 17.8. The Hall–Kier alpha value is -2.53. The third kappa shape index (κ3) is 4.51. The Balaban J connectivity index is 1.54. The fourth-order valence-electron chi connectivity index (χ4n) is 3.20. The summed E-state index contributed by atoms with van der Waals surface area (Å²) in [5, 5.41) is 25.6. The summed E-state index contributed by atoms with van der Waals surface area (Å²) in [6, 6.07) is 11.2. The van der Waals surface area contributed by atoms with Crippen molar-refractivity contribution in [1.82, 2.24) is 5.01 Å². The van der Waals surface area contributed by atoms with Crippen LogP contribution < -0.4 is 4.90 Å². The van der Waals surface area contributed by atoms with E-state index in [1.165, 1.54) is 22.8 Å². The lowest BCUT2D eigenvalue weighted by atomic mass is 10.1. The highest BCUT2D eigenvalue weighted by molar-refractivity contribution is 5.83. The van der Waals surface area contributed by atoms with Crippen LogP contribution in [-0.2, 0) is 6.54 Å². The second-order valence-electron chi connectivity index (χ2n) is 6.80. The first kappa shape index (κ1) is 17.3. The van der Waals surface area contributed by atoms with Gasteiger partial charge in [0.15, 0.2) is 0 Å². The van der Waals surface area contributed by atoms with Gasteiger partial charge in [-0.2, -0.15) is 5.10 Å². The van der Waals surface area contributed by atoms with E-state index in [0.717, 1.165) is 32.7 Å². The van der Waals surface area contributed by atoms with Gasteiger partial charge >= 0.3 is 0 Å². The van der Waals surface area contributed by atoms with Crippen molar-refractivity contribution < 1.29 is 15.1 Å². The molecule has 0 aromatic heterocycles. The highest BCUT2D eigenvalue weighted by atomic mass is 16.3. The molecule has 1 fully saturated rings. The molecule has 1 saturated heterocycles. The van der Waals surface area contributed by atoms with Crippen LogP contribution in [0.5, 0.6) is 11.5 Å². The first-order valence-electron chi connectivity index (χ1n) is 8.72. The molecule has 0 radical (unpaired) electrons. The number of quaternary nitrogens is 1. The Kier molecular flexibility index (Phi) is 5.24. The van der Waals surface area contributed by atoms with Crippen molar-refractivity contribution in [2.24, 2.45) is 5.10 Å². The van der Waals surface area contributed by atoms with E-state index in [4.69, 9.17) is 0 Å². The number of phenols is 2. The summed E-state index contributed by atoms with van der Waals surface area (Å²) in [4.78, 5) is 1.57. The number of benzene rings is 2. The SMILES string of the molecule is Cc1ccc(C[NH+]2CCN(N=Cc3ccc(O)cc3O)CC2)c(C)c1. The molecule has 5 nitrogen and oxygen atoms in total. The zero-order valence-electron chi connectivity index (χ0n) is 14.9. The molecule has 2 aromatic carbocycles. The molecule has 0 spiro atoms. The van der Waals surface area contributed by atoms with E-state index in [2.05, 4.69) is 37.1 Å². The average Bonchev–Trinajstić information content (AvgIpc) is 2.58. The van der Waals surface area contributed by atoms with Crippen LogP contribution in [0.15, 0.2) is 41.5 Å². The quantitative estimate of drug-likeness (QED) is 0.739. The van der Waals surface area contributed by atoms with Crippen molar-refractivity contribution in [2.75, 3.05) is 26.2 Å². The lowest BCUT2D eigenvalue weighted by molar-refractivity contribution is -0.918. The van der Waals surface area contributed by atoms with Gasteiger partial charge in [-0.15, -0.1) is 0 Å². The van der Waals surface area contributed by atoms with Crippen LogP contribution in [0, 0.1) is 13.8 Å². The molecule has 5 heteroatoms. The number of nitrogens with zero attached hydrogens (tertiary/aromatic N) is 2. The smallest absolute Gasteiger partial charge is 0.128 e. The second kappa shape index (κ2) is 7.57. The number of hydrazone groups is 1. The van der Waals surface area contributed by atoms with Crippen LogP contribution in [0.3, 0.4) is 0 Å². The predicted octanol–water partition coefficient (Wildman–Crippen LogP) is 1.45. The molecule has 2 aromatic rings. The van der Waals surface area contributed by atoms with Crippen molar-refractivity contribution >= 4 is 6.21 Å². The van der Waals surface area contributed by atoms with Gasteiger partial charge in [0.25, 0.3) is 0 Å². The van der Waals surface area contributed by atoms with Crippen molar-refractivity contribution in [3.63, 3.8) is 0 Å². The standard InChI is InChI=1S/C20H25N3O2/c1-15-3-4-18(16(2)11-15)14-22-7-9-23(10-8-22)21-13-17-5-6-19(24)12-20(17)25/h3-6,11-13,24-25H,7-10,14H2,1-2H3/p+1. The van der Waals surface area contributed by atoms with Crippen LogP contribution in [0.2, 0.25) is 0 Å². The molecule has 1 aliphatic rings. The van der Waals surface area contributed by atoms with Crippen LogP contribution >= 0.6 is 0 Å². The highest BCUT2D eigenvalue weighted by Crippen LogP contribution is 2.20. The van der Waals surface area contributed by atoms with Gasteiger partial charge in [0.2, 0.25) is 0 Å². The van der Waals surface area contributed by atoms with Gasteiger partial charge in [0.05, 0.1) is 32.4 Å². The molecule has 3 N–H and O–H groups in total. The van der Waals surface area contributed by atoms with Gasteiger partial charge in [-0.25, -0.2) is 0 Å². The number of hydrogen-bond donors (Lipinski definition) is 3. The molecular weight excluding hydrogens is 314 g/mol. The maximum Gasteiger partial charge on any atom is 0.128 e. The van der Waals surface area contributed by atoms with E-state index < -0.39 is 0 Å². The van der Waals surface area contributed by atoms with E-state index >= 15 is 0 Å². The maximum absolute atomic E-state index is 9.80. The van der Waals surface area contributed by atoms with Crippen LogP contribution in [-0.4, -0.2) is 47.6 Å². The number of aromatic hydroxyl groups is 2. The molecule has 0 bridgehead atoms. The molecule has 0 amide bonds. The number of piperazine rings is 1. The Morgan fingerprint density at radius 3 is 2.52 bits per heavy atom. The Bertz CT molecular complexity index is 766. The minimum atomic E-state index is 0.0443. The topological polar surface area (TPSA) is 60.5 Å². The number of phenolic OH excluding ortho intramolecular Hbond substituents is 2. The maximum atomic E-state index is 9.80. The second-order valence-corrected chi connectivity index (χ2v) is 6.80. The van der Waals surface area contributed by atoms with Crippen LogP contribution in [0.4, 0.5) is 0 Å². The molecule has 1 aliphatic heterocycles. The molecular formula is C20H26N3O2+. The first-order valence-corrected chi connectivity index (χ1v) is 8.72. The molecule has 3 rings (SSSR count). The van der Waals surface area contributed by atoms with Gasteiger partial charge in [0.1, 0.15) is 18.0 Å². The van der Waals surface area contributed by atoms with E-state index in [1.807, 2.05) is 5.01 Å². The largest absolute Gasteiger partial charge is 0.508 e. The molecule has 0 saturated carbocycles. The third-order valence-corrected chi connectivity index (χ3v) is 4.76. The molecule has 0 unspecified atom stereocenters. The van der Waals surface area contributed by atoms with Gasteiger partial charge in [-0.1, -0.05) is 23.8 Å². The van der Waals surface area contributed by atoms with Crippen molar-refractivity contribution in [3.05, 3.63) is 58.7 Å². The summed E-state index contributed by atoms with van der Waals surface area (Å²) in [7, 11) is 0. The van der Waals surface area contributed by atoms with Gasteiger partial charge < -0.3 is 15.1 Å². The Morgan fingerprint density at radius 2 is 1.84 bits per heavy atom. The minimum absolute atomic E-state index is 0.0443. The van der Waals surface area contributed by atoms with Crippen LogP contribution in [0.25, 0.3) is 0 Å². The number of aryl methyl sites for hydroxylation is 2. The molecule has 0 atom stereocenters. The van der Waals surface area contributed by atoms with Gasteiger partial charge in [0, 0.05) is 17.2 Å². The normalized spacial score (nSPS) is 15.8. The summed E-state index contributed by atoms with van der Waals surface area (Å²) in [6.07, 6.45) is 1.66. The van der Waals surface area contributed by atoms with E-state index in [0.29, 0.717) is 5.56 Å². The molecule has 0 aliphatic carbocycles. The lowest BCUT2D eigenvalue weighted by Gasteiger charge is -2.30. The van der Waals surface area contributed by atoms with Crippen molar-refractivity contribution in [2.45, 2.75) is 20.4 Å². The van der Waals surface area contributed by atoms with Gasteiger partial charge in [-0.05, 0) is 31.5 Å². The lowest BCUT2D eigenvalue weighted by Crippen LogP contribution is -3.13. The number of hydrogen-bond acceptors (Lipinski definition) is 4. The Labute approximate surface area is 148 Å². The average molecular weight is 340 g/mol. The fourth-order valence-corrected chi connectivity index (χ4v) is 3.20. The summed E-state index contributed by atoms with van der Waals surface area (Å²) in [6.45, 7) is 9.27. The van der Waals surface area contributed by atoms with E-state index in [1.54, 1.807) is 23.2 Å². The van der Waals surface area contributed by atoms with Gasteiger partial charge in [-0.3, -0.25) is 5.01 Å². The Morgan fingerprint density at radius 1 is 1.08 bits per heavy atom. The summed E-state index contributed by atoms with van der Waals surface area (Å²) in [5.74, 6) is 0.0983. The summed E-state index contributed by atoms with van der Waals surface area (Å²) in [5.41, 5.74) is 4.72. The third-order valence-electron chi connectivity index (χ3n) is 4.76. The van der Waals surface area contributed by atoms with Crippen molar-refractivity contribution in [1.29, 1.82) is 0 Å². The molecule has 132 valence electrons.